The normalized spacial score (nSPS) is 19.3. The van der Waals surface area contributed by atoms with Gasteiger partial charge in [-0.3, -0.25) is 0 Å². The van der Waals surface area contributed by atoms with E-state index in [2.05, 4.69) is 10.1 Å². The van der Waals surface area contributed by atoms with Gasteiger partial charge in [-0.2, -0.15) is 0 Å². The molecule has 1 aromatic carbocycles. The summed E-state index contributed by atoms with van der Waals surface area (Å²) in [5.41, 5.74) is 8.31. The van der Waals surface area contributed by atoms with Gasteiger partial charge >= 0.3 is 0 Å². The maximum atomic E-state index is 12.6. The Bertz CT molecular complexity index is 1000. The average molecular weight is 360 g/mol. The van der Waals surface area contributed by atoms with Crippen molar-refractivity contribution < 1.29 is 13.6 Å². The summed E-state index contributed by atoms with van der Waals surface area (Å²) in [5.74, 6) is -0.167. The molecular weight excluding hydrogens is 340 g/mol. The number of hydrogen-bond donors (Lipinski definition) is 2. The van der Waals surface area contributed by atoms with Gasteiger partial charge in [0.05, 0.1) is 22.0 Å². The fourth-order valence-corrected chi connectivity index (χ4v) is 4.03. The van der Waals surface area contributed by atoms with Crippen molar-refractivity contribution in [2.75, 3.05) is 5.73 Å². The molecule has 7 nitrogen and oxygen atoms in total. The Labute approximate surface area is 146 Å². The highest BCUT2D eigenvalue weighted by atomic mass is 32.2. The first-order valence-electron chi connectivity index (χ1n) is 7.93. The summed E-state index contributed by atoms with van der Waals surface area (Å²) in [6.45, 7) is 3.21. The van der Waals surface area contributed by atoms with E-state index in [0.717, 1.165) is 9.54 Å². The van der Waals surface area contributed by atoms with Crippen molar-refractivity contribution in [3.8, 4) is 0 Å². The highest BCUT2D eigenvalue weighted by molar-refractivity contribution is 7.90. The fraction of sp³-hybridized carbons (Fsp3) is 0.294. The van der Waals surface area contributed by atoms with Crippen LogP contribution < -0.4 is 5.73 Å². The van der Waals surface area contributed by atoms with E-state index >= 15 is 0 Å². The Hall–Kier alpha value is -2.61. The summed E-state index contributed by atoms with van der Waals surface area (Å²) in [6, 6.07) is 5.35. The summed E-state index contributed by atoms with van der Waals surface area (Å²) in [5, 5.41) is 11.9. The number of nitrogen functional groups attached to an aromatic ring is 1. The number of benzene rings is 1. The molecule has 132 valence electrons. The van der Waals surface area contributed by atoms with Gasteiger partial charge in [0.1, 0.15) is 0 Å². The summed E-state index contributed by atoms with van der Waals surface area (Å²) in [4.78, 5) is 4.30. The maximum Gasteiger partial charge on any atom is 0.244 e. The molecule has 1 aliphatic carbocycles. The van der Waals surface area contributed by atoms with E-state index < -0.39 is 15.3 Å². The number of anilines is 1. The van der Waals surface area contributed by atoms with Gasteiger partial charge < -0.3 is 10.9 Å². The number of rotatable bonds is 4. The van der Waals surface area contributed by atoms with Crippen molar-refractivity contribution >= 4 is 32.7 Å². The number of para-hydroxylation sites is 1. The highest BCUT2D eigenvalue weighted by Gasteiger charge is 2.26. The van der Waals surface area contributed by atoms with Crippen LogP contribution in [0.25, 0.3) is 11.0 Å². The molecule has 8 heteroatoms. The zero-order chi connectivity index (χ0) is 18.2. The van der Waals surface area contributed by atoms with Crippen molar-refractivity contribution in [3.05, 3.63) is 48.1 Å². The minimum atomic E-state index is -3.62. The molecule has 1 aromatic heterocycles. The largest absolute Gasteiger partial charge is 0.411 e. The summed E-state index contributed by atoms with van der Waals surface area (Å²) >= 11 is 0. The fourth-order valence-electron chi connectivity index (χ4n) is 2.89. The Morgan fingerprint density at radius 1 is 1.36 bits per heavy atom. The first kappa shape index (κ1) is 17.2. The smallest absolute Gasteiger partial charge is 0.244 e. The van der Waals surface area contributed by atoms with Gasteiger partial charge in [0.2, 0.25) is 16.0 Å². The first-order valence-corrected chi connectivity index (χ1v) is 9.43. The molecular formula is C17H20N4O3S. The van der Waals surface area contributed by atoms with Crippen LogP contribution in [0.4, 0.5) is 5.95 Å². The molecule has 0 aliphatic heterocycles. The van der Waals surface area contributed by atoms with Crippen LogP contribution in [0.1, 0.15) is 19.4 Å². The molecule has 0 saturated heterocycles. The molecule has 1 aliphatic rings. The molecule has 2 aromatic rings. The summed E-state index contributed by atoms with van der Waals surface area (Å²) in [6.07, 6.45) is 7.87. The molecule has 1 atom stereocenters. The average Bonchev–Trinajstić information content (AvgIpc) is 2.92. The lowest BCUT2D eigenvalue weighted by Gasteiger charge is -2.15. The van der Waals surface area contributed by atoms with Crippen molar-refractivity contribution in [1.82, 2.24) is 8.96 Å². The Balaban J connectivity index is 2.11. The van der Waals surface area contributed by atoms with Crippen molar-refractivity contribution in [2.24, 2.45) is 11.1 Å². The molecule has 0 spiro atoms. The number of nitrogens with zero attached hydrogens (tertiary/aromatic N) is 3. The van der Waals surface area contributed by atoms with Crippen molar-refractivity contribution in [3.63, 3.8) is 0 Å². The van der Waals surface area contributed by atoms with Crippen LogP contribution in [0.5, 0.6) is 0 Å². The van der Waals surface area contributed by atoms with E-state index in [9.17, 15) is 8.42 Å². The van der Waals surface area contributed by atoms with Crippen LogP contribution in [-0.4, -0.2) is 33.5 Å². The van der Waals surface area contributed by atoms with Crippen molar-refractivity contribution in [1.29, 1.82) is 0 Å². The molecule has 0 saturated carbocycles. The molecule has 0 amide bonds. The summed E-state index contributed by atoms with van der Waals surface area (Å²) in [7, 11) is -3.62. The summed E-state index contributed by atoms with van der Waals surface area (Å²) < 4.78 is 26.3. The Morgan fingerprint density at radius 2 is 2.12 bits per heavy atom. The second kappa shape index (κ2) is 6.36. The lowest BCUT2D eigenvalue weighted by molar-refractivity contribution is 0.316. The van der Waals surface area contributed by atoms with E-state index in [1.807, 2.05) is 18.2 Å². The number of nitrogens with two attached hydrogens (primary N) is 1. The van der Waals surface area contributed by atoms with E-state index in [1.54, 1.807) is 38.1 Å². The van der Waals surface area contributed by atoms with Gasteiger partial charge in [-0.15, -0.1) is 0 Å². The molecule has 0 radical (unpaired) electrons. The quantitative estimate of drug-likeness (QED) is 0.642. The SMILES string of the molecule is CC(C)S(=O)(=O)n1c(N)nc2c(CC3C=CC=CC3=NO)cccc21. The molecule has 1 unspecified atom stereocenters. The third-order valence-corrected chi connectivity index (χ3v) is 6.34. The molecule has 3 N–H and O–H groups in total. The molecule has 1 heterocycles. The maximum absolute atomic E-state index is 12.6. The van der Waals surface area contributed by atoms with Gasteiger partial charge in [0, 0.05) is 5.92 Å². The van der Waals surface area contributed by atoms with Crippen LogP contribution in [0.2, 0.25) is 0 Å². The third-order valence-electron chi connectivity index (χ3n) is 4.26. The standard InChI is InChI=1S/C17H20N4O3S/c1-11(2)25(23,24)21-15-9-5-7-13(16(15)19-17(21)18)10-12-6-3-4-8-14(12)20-22/h3-9,11-12,22H,10H2,1-2H3,(H2,18,19). The van der Waals surface area contributed by atoms with Gasteiger partial charge in [-0.05, 0) is 38.0 Å². The minimum absolute atomic E-state index is 0.0497. The highest BCUT2D eigenvalue weighted by Crippen LogP contribution is 2.27. The van der Waals surface area contributed by atoms with Gasteiger partial charge in [-0.25, -0.2) is 17.4 Å². The Kier molecular flexibility index (Phi) is 4.38. The first-order chi connectivity index (χ1) is 11.9. The zero-order valence-electron chi connectivity index (χ0n) is 14.0. The predicted octanol–water partition coefficient (Wildman–Crippen LogP) is 2.32. The van der Waals surface area contributed by atoms with Crippen LogP contribution >= 0.6 is 0 Å². The number of oxime groups is 1. The molecule has 25 heavy (non-hydrogen) atoms. The van der Waals surface area contributed by atoms with Crippen LogP contribution in [0, 0.1) is 5.92 Å². The van der Waals surface area contributed by atoms with Gasteiger partial charge in [-0.1, -0.05) is 35.5 Å². The molecule has 3 rings (SSSR count). The van der Waals surface area contributed by atoms with E-state index in [0.29, 0.717) is 23.2 Å². The predicted molar refractivity (Wildman–Crippen MR) is 98.3 cm³/mol. The van der Waals surface area contributed by atoms with Crippen LogP contribution in [-0.2, 0) is 16.4 Å². The van der Waals surface area contributed by atoms with E-state index in [-0.39, 0.29) is 11.9 Å². The number of allylic oxidation sites excluding steroid dienone is 4. The second-order valence-electron chi connectivity index (χ2n) is 6.19. The second-order valence-corrected chi connectivity index (χ2v) is 8.53. The zero-order valence-corrected chi connectivity index (χ0v) is 14.8. The van der Waals surface area contributed by atoms with Crippen LogP contribution in [0.3, 0.4) is 0 Å². The van der Waals surface area contributed by atoms with Gasteiger partial charge in [0.15, 0.2) is 0 Å². The van der Waals surface area contributed by atoms with Gasteiger partial charge in [0.25, 0.3) is 0 Å². The third kappa shape index (κ3) is 2.93. The monoisotopic (exact) mass is 360 g/mol. The number of aromatic nitrogens is 2. The lowest BCUT2D eigenvalue weighted by atomic mass is 9.91. The van der Waals surface area contributed by atoms with E-state index in [4.69, 9.17) is 10.9 Å². The Morgan fingerprint density at radius 3 is 2.80 bits per heavy atom. The minimum Gasteiger partial charge on any atom is -0.411 e. The topological polar surface area (TPSA) is 111 Å². The number of imidazole rings is 1. The lowest BCUT2D eigenvalue weighted by Crippen LogP contribution is -2.23. The molecule has 0 bridgehead atoms. The molecule has 0 fully saturated rings. The van der Waals surface area contributed by atoms with Crippen LogP contribution in [0.15, 0.2) is 47.7 Å². The van der Waals surface area contributed by atoms with E-state index in [1.165, 1.54) is 0 Å². The number of hydrogen-bond acceptors (Lipinski definition) is 6. The number of fused-ring (bicyclic) bond motifs is 1. The van der Waals surface area contributed by atoms with Crippen molar-refractivity contribution in [2.45, 2.75) is 25.5 Å².